The molecule has 0 radical (unpaired) electrons. The summed E-state index contributed by atoms with van der Waals surface area (Å²) in [6.07, 6.45) is 0. The molecule has 0 fully saturated rings. The molecule has 0 spiro atoms. The quantitative estimate of drug-likeness (QED) is 0.169. The molecule has 0 bridgehead atoms. The lowest BCUT2D eigenvalue weighted by Crippen LogP contribution is -2.15. The Bertz CT molecular complexity index is 3460. The van der Waals surface area contributed by atoms with Gasteiger partial charge in [0.1, 0.15) is 16.7 Å². The van der Waals surface area contributed by atoms with Gasteiger partial charge in [-0.3, -0.25) is 0 Å². The van der Waals surface area contributed by atoms with Crippen molar-refractivity contribution < 1.29 is 8.83 Å². The number of nitrogens with zero attached hydrogens (tertiary/aromatic N) is 2. The van der Waals surface area contributed by atoms with Gasteiger partial charge in [0.25, 0.3) is 0 Å². The van der Waals surface area contributed by atoms with Crippen LogP contribution in [0.2, 0.25) is 0 Å². The minimum Gasteiger partial charge on any atom is -0.456 e. The third-order valence-electron chi connectivity index (χ3n) is 12.5. The van der Waals surface area contributed by atoms with Crippen molar-refractivity contribution in [2.24, 2.45) is 0 Å². The predicted octanol–water partition coefficient (Wildman–Crippen LogP) is 15.7. The first-order chi connectivity index (χ1) is 29.5. The van der Waals surface area contributed by atoms with Gasteiger partial charge in [-0.05, 0) is 122 Å². The summed E-state index contributed by atoms with van der Waals surface area (Å²) in [5.41, 5.74) is 17.2. The van der Waals surface area contributed by atoms with Crippen LogP contribution >= 0.6 is 0 Å². The molecule has 12 rings (SSSR count). The second-order valence-corrected chi connectivity index (χ2v) is 16.4. The zero-order valence-corrected chi connectivity index (χ0v) is 33.2. The van der Waals surface area contributed by atoms with Gasteiger partial charge in [0.05, 0.1) is 0 Å². The number of anilines is 3. The van der Waals surface area contributed by atoms with Gasteiger partial charge in [-0.1, -0.05) is 135 Å². The fourth-order valence-electron chi connectivity index (χ4n) is 9.47. The third-order valence-corrected chi connectivity index (χ3v) is 12.5. The van der Waals surface area contributed by atoms with Crippen LogP contribution < -0.4 is 4.90 Å². The summed E-state index contributed by atoms with van der Waals surface area (Å²) < 4.78 is 12.7. The van der Waals surface area contributed by atoms with Crippen molar-refractivity contribution >= 4 is 60.9 Å². The number of oxazole rings is 1. The van der Waals surface area contributed by atoms with Crippen molar-refractivity contribution in [1.82, 2.24) is 4.98 Å². The van der Waals surface area contributed by atoms with Gasteiger partial charge in [-0.25, -0.2) is 4.98 Å². The van der Waals surface area contributed by atoms with Gasteiger partial charge in [-0.15, -0.1) is 0 Å². The largest absolute Gasteiger partial charge is 0.456 e. The SMILES string of the molecule is CC1(C)c2ccccc2-c2cc(N(c3ccc(-c4ccc5c(c4)oc4cc6nc(-c7ccccc7)oc6cc45)cc3)c3cccc(-c4cccc5ccccc45)c3)ccc21. The molecule has 0 aliphatic heterocycles. The van der Waals surface area contributed by atoms with E-state index < -0.39 is 0 Å². The number of furan rings is 1. The van der Waals surface area contributed by atoms with E-state index in [2.05, 4.69) is 170 Å². The van der Waals surface area contributed by atoms with E-state index in [9.17, 15) is 0 Å². The van der Waals surface area contributed by atoms with E-state index >= 15 is 0 Å². The zero-order chi connectivity index (χ0) is 40.0. The highest BCUT2D eigenvalue weighted by Gasteiger charge is 2.35. The molecule has 2 heterocycles. The summed E-state index contributed by atoms with van der Waals surface area (Å²) in [5, 5.41) is 4.53. The molecule has 4 heteroatoms. The molecule has 0 atom stereocenters. The molecule has 0 saturated carbocycles. The monoisotopic (exact) mass is 770 g/mol. The lowest BCUT2D eigenvalue weighted by molar-refractivity contribution is 0.620. The molecule has 9 aromatic carbocycles. The summed E-state index contributed by atoms with van der Waals surface area (Å²) in [6, 6.07) is 69.4. The van der Waals surface area contributed by atoms with Gasteiger partial charge in [0, 0.05) is 44.9 Å². The normalized spacial score (nSPS) is 13.0. The van der Waals surface area contributed by atoms with Gasteiger partial charge in [0.2, 0.25) is 5.89 Å². The van der Waals surface area contributed by atoms with Crippen LogP contribution in [0.15, 0.2) is 203 Å². The molecular formula is C56H38N2O2. The van der Waals surface area contributed by atoms with E-state index in [1.165, 1.54) is 44.2 Å². The number of fused-ring (bicyclic) bond motifs is 8. The Morgan fingerprint density at radius 2 is 1.08 bits per heavy atom. The number of hydrogen-bond donors (Lipinski definition) is 0. The molecule has 1 aliphatic rings. The average molecular weight is 771 g/mol. The van der Waals surface area contributed by atoms with Crippen LogP contribution in [0.3, 0.4) is 0 Å². The Hall–Kier alpha value is -7.69. The second-order valence-electron chi connectivity index (χ2n) is 16.4. The van der Waals surface area contributed by atoms with Crippen LogP contribution in [0.4, 0.5) is 17.1 Å². The number of benzene rings is 9. The molecule has 60 heavy (non-hydrogen) atoms. The van der Waals surface area contributed by atoms with Crippen LogP contribution in [0, 0.1) is 0 Å². The highest BCUT2D eigenvalue weighted by molar-refractivity contribution is 6.09. The van der Waals surface area contributed by atoms with Crippen LogP contribution in [0.25, 0.3) is 88.6 Å². The van der Waals surface area contributed by atoms with Crippen LogP contribution in [0.5, 0.6) is 0 Å². The Labute approximate surface area is 347 Å². The highest BCUT2D eigenvalue weighted by Crippen LogP contribution is 2.51. The molecule has 0 amide bonds. The number of rotatable bonds is 6. The Morgan fingerprint density at radius 1 is 0.400 bits per heavy atom. The van der Waals surface area contributed by atoms with Crippen molar-refractivity contribution in [3.63, 3.8) is 0 Å². The molecule has 0 N–H and O–H groups in total. The molecule has 0 unspecified atom stereocenters. The standard InChI is InChI=1S/C56H38N2O2/c1-56(2)49-21-9-8-19-45(49)47-32-42(27-29-50(47)56)58(41-17-10-16-39(30-41)44-20-11-15-36-12-6-7-18-43(36)44)40-25-22-35(23-26-40)38-24-28-46-48-33-54-51(34-53(48)59-52(46)31-38)57-55(60-54)37-13-4-3-5-14-37/h3-34H,1-2H3. The van der Waals surface area contributed by atoms with E-state index in [-0.39, 0.29) is 5.41 Å². The van der Waals surface area contributed by atoms with Crippen molar-refractivity contribution in [1.29, 1.82) is 0 Å². The van der Waals surface area contributed by atoms with Crippen molar-refractivity contribution in [2.75, 3.05) is 4.90 Å². The maximum absolute atomic E-state index is 6.48. The summed E-state index contributed by atoms with van der Waals surface area (Å²) in [4.78, 5) is 7.16. The topological polar surface area (TPSA) is 42.4 Å². The Kier molecular flexibility index (Phi) is 7.54. The highest BCUT2D eigenvalue weighted by atomic mass is 16.4. The van der Waals surface area contributed by atoms with Gasteiger partial charge >= 0.3 is 0 Å². The minimum atomic E-state index is -0.0696. The summed E-state index contributed by atoms with van der Waals surface area (Å²) in [5.74, 6) is 0.606. The first-order valence-corrected chi connectivity index (χ1v) is 20.5. The summed E-state index contributed by atoms with van der Waals surface area (Å²) in [6.45, 7) is 4.67. The maximum Gasteiger partial charge on any atom is 0.227 e. The van der Waals surface area contributed by atoms with E-state index in [0.717, 1.165) is 66.8 Å². The van der Waals surface area contributed by atoms with Gasteiger partial charge < -0.3 is 13.7 Å². The Balaban J connectivity index is 0.943. The van der Waals surface area contributed by atoms with E-state index in [1.807, 2.05) is 42.5 Å². The number of aromatic nitrogens is 1. The number of hydrogen-bond acceptors (Lipinski definition) is 4. The minimum absolute atomic E-state index is 0.0696. The summed E-state index contributed by atoms with van der Waals surface area (Å²) >= 11 is 0. The molecule has 284 valence electrons. The van der Waals surface area contributed by atoms with Crippen LogP contribution in [-0.4, -0.2) is 4.98 Å². The van der Waals surface area contributed by atoms with Crippen molar-refractivity contribution in [3.05, 3.63) is 205 Å². The van der Waals surface area contributed by atoms with Crippen LogP contribution in [-0.2, 0) is 5.41 Å². The maximum atomic E-state index is 6.48. The van der Waals surface area contributed by atoms with Gasteiger partial charge in [0.15, 0.2) is 5.58 Å². The smallest absolute Gasteiger partial charge is 0.227 e. The fourth-order valence-corrected chi connectivity index (χ4v) is 9.47. The second kappa shape index (κ2) is 13.2. The lowest BCUT2D eigenvalue weighted by Gasteiger charge is -2.28. The van der Waals surface area contributed by atoms with E-state index in [4.69, 9.17) is 13.8 Å². The van der Waals surface area contributed by atoms with E-state index in [1.54, 1.807) is 0 Å². The fraction of sp³-hybridized carbons (Fsp3) is 0.0536. The first kappa shape index (κ1) is 34.4. The summed E-state index contributed by atoms with van der Waals surface area (Å²) in [7, 11) is 0. The molecule has 4 nitrogen and oxygen atoms in total. The first-order valence-electron chi connectivity index (χ1n) is 20.5. The average Bonchev–Trinajstić information content (AvgIpc) is 3.95. The third kappa shape index (κ3) is 5.41. The molecule has 11 aromatic rings. The molecular weight excluding hydrogens is 733 g/mol. The Morgan fingerprint density at radius 3 is 1.98 bits per heavy atom. The molecule has 1 aliphatic carbocycles. The van der Waals surface area contributed by atoms with E-state index in [0.29, 0.717) is 5.89 Å². The molecule has 2 aromatic heterocycles. The lowest BCUT2D eigenvalue weighted by atomic mass is 9.82. The van der Waals surface area contributed by atoms with Gasteiger partial charge in [-0.2, -0.15) is 0 Å². The van der Waals surface area contributed by atoms with Crippen molar-refractivity contribution in [3.8, 4) is 44.8 Å². The van der Waals surface area contributed by atoms with Crippen LogP contribution in [0.1, 0.15) is 25.0 Å². The predicted molar refractivity (Wildman–Crippen MR) is 247 cm³/mol. The van der Waals surface area contributed by atoms with Crippen molar-refractivity contribution in [2.45, 2.75) is 19.3 Å². The molecule has 0 saturated heterocycles. The zero-order valence-electron chi connectivity index (χ0n) is 33.2.